The summed E-state index contributed by atoms with van der Waals surface area (Å²) in [5.74, 6) is 0.227. The summed E-state index contributed by atoms with van der Waals surface area (Å²) in [5, 5.41) is 13.0. The number of esters is 1. The summed E-state index contributed by atoms with van der Waals surface area (Å²) in [6.45, 7) is 7.12. The Bertz CT molecular complexity index is 1180. The van der Waals surface area contributed by atoms with Crippen molar-refractivity contribution in [2.75, 3.05) is 6.61 Å². The van der Waals surface area contributed by atoms with Gasteiger partial charge >= 0.3 is 5.97 Å². The van der Waals surface area contributed by atoms with Crippen molar-refractivity contribution in [2.24, 2.45) is 0 Å². The molecule has 0 spiro atoms. The summed E-state index contributed by atoms with van der Waals surface area (Å²) in [6.07, 6.45) is 5.72. The fraction of sp³-hybridized carbons (Fsp3) is 0.542. The van der Waals surface area contributed by atoms with E-state index in [1.807, 2.05) is 19.1 Å². The van der Waals surface area contributed by atoms with Gasteiger partial charge < -0.3 is 9.72 Å². The molecule has 3 aromatic rings. The Morgan fingerprint density at radius 2 is 1.97 bits per heavy atom. The Balaban J connectivity index is 1.63. The minimum atomic E-state index is -0.369. The molecule has 0 radical (unpaired) electrons. The van der Waals surface area contributed by atoms with Crippen molar-refractivity contribution >= 4 is 16.9 Å². The van der Waals surface area contributed by atoms with E-state index in [1.165, 1.54) is 23.9 Å². The monoisotopic (exact) mass is 452 g/mol. The van der Waals surface area contributed by atoms with Crippen LogP contribution in [0.1, 0.15) is 61.5 Å². The molecule has 1 aliphatic rings. The molecule has 33 heavy (non-hydrogen) atoms. The zero-order chi connectivity index (χ0) is 23.4. The second kappa shape index (κ2) is 10.2. The molecule has 2 heterocycles. The summed E-state index contributed by atoms with van der Waals surface area (Å²) in [4.78, 5) is 30.3. The van der Waals surface area contributed by atoms with Crippen LogP contribution in [0.5, 0.6) is 0 Å². The lowest BCUT2D eigenvalue weighted by Gasteiger charge is -2.33. The van der Waals surface area contributed by atoms with Gasteiger partial charge in [-0.1, -0.05) is 25.3 Å². The summed E-state index contributed by atoms with van der Waals surface area (Å²) in [5.41, 5.74) is 3.79. The van der Waals surface area contributed by atoms with Crippen LogP contribution in [-0.2, 0) is 29.2 Å². The number of carbonyl (C=O) groups excluding carboxylic acids is 1. The Kier molecular flexibility index (Phi) is 7.17. The topological polar surface area (TPSA) is 106 Å². The third kappa shape index (κ3) is 5.47. The molecule has 0 unspecified atom stereocenters. The molecule has 0 amide bonds. The predicted octanol–water partition coefficient (Wildman–Crippen LogP) is 3.03. The number of aromatic nitrogens is 5. The number of hydrogen-bond acceptors (Lipinski definition) is 7. The predicted molar refractivity (Wildman–Crippen MR) is 125 cm³/mol. The minimum absolute atomic E-state index is 0.0240. The maximum Gasteiger partial charge on any atom is 0.327 e. The number of H-pyrrole nitrogens is 1. The van der Waals surface area contributed by atoms with Crippen molar-refractivity contribution in [1.29, 1.82) is 0 Å². The molecule has 1 aliphatic carbocycles. The van der Waals surface area contributed by atoms with Gasteiger partial charge in [0, 0.05) is 29.1 Å². The molecule has 0 aliphatic heterocycles. The smallest absolute Gasteiger partial charge is 0.327 e. The van der Waals surface area contributed by atoms with Gasteiger partial charge in [-0.2, -0.15) is 0 Å². The number of carbonyl (C=O) groups is 1. The number of tetrazole rings is 1. The number of nitrogens with one attached hydrogen (secondary N) is 1. The van der Waals surface area contributed by atoms with Gasteiger partial charge in [-0.3, -0.25) is 14.5 Å². The van der Waals surface area contributed by atoms with E-state index in [0.717, 1.165) is 40.4 Å². The molecule has 1 N–H and O–H groups in total. The lowest BCUT2D eigenvalue weighted by atomic mass is 9.93. The molecule has 0 saturated heterocycles. The summed E-state index contributed by atoms with van der Waals surface area (Å²) < 4.78 is 6.54. The van der Waals surface area contributed by atoms with Crippen LogP contribution in [0.15, 0.2) is 23.0 Å². The third-order valence-electron chi connectivity index (χ3n) is 6.39. The second-order valence-corrected chi connectivity index (χ2v) is 8.92. The number of aromatic amines is 1. The van der Waals surface area contributed by atoms with Crippen LogP contribution in [0, 0.1) is 13.8 Å². The highest BCUT2D eigenvalue weighted by atomic mass is 16.5. The zero-order valence-electron chi connectivity index (χ0n) is 19.6. The van der Waals surface area contributed by atoms with Crippen LogP contribution >= 0.6 is 0 Å². The molecular weight excluding hydrogens is 420 g/mol. The number of rotatable bonds is 8. The van der Waals surface area contributed by atoms with Gasteiger partial charge in [0.25, 0.3) is 5.56 Å². The number of aryl methyl sites for hydroxylation is 2. The minimum Gasteiger partial charge on any atom is -0.465 e. The molecule has 176 valence electrons. The average molecular weight is 453 g/mol. The maximum atomic E-state index is 13.0. The average Bonchev–Trinajstić information content (AvgIpc) is 3.21. The van der Waals surface area contributed by atoms with E-state index in [1.54, 1.807) is 6.92 Å². The van der Waals surface area contributed by atoms with Gasteiger partial charge in [-0.25, -0.2) is 4.68 Å². The standard InChI is InChI=1S/C24H32N6O3/c1-4-33-23(31)15-30-22(26-27-28-30)14-29(19-8-6-5-7-9-19)13-18-12-20-17(3)10-16(2)11-21(20)25-24(18)32/h10-12,19H,4-9,13-15H2,1-3H3,(H,25,32). The van der Waals surface area contributed by atoms with Gasteiger partial charge in [0.05, 0.1) is 13.2 Å². The van der Waals surface area contributed by atoms with Crippen LogP contribution in [0.2, 0.25) is 0 Å². The van der Waals surface area contributed by atoms with E-state index in [-0.39, 0.29) is 18.1 Å². The first-order chi connectivity index (χ1) is 15.9. The first kappa shape index (κ1) is 23.1. The fourth-order valence-electron chi connectivity index (χ4n) is 4.78. The summed E-state index contributed by atoms with van der Waals surface area (Å²) in [6, 6.07) is 6.49. The molecule has 1 aromatic carbocycles. The maximum absolute atomic E-state index is 13.0. The van der Waals surface area contributed by atoms with Crippen molar-refractivity contribution in [3.63, 3.8) is 0 Å². The number of hydrogen-bond donors (Lipinski definition) is 1. The van der Waals surface area contributed by atoms with E-state index >= 15 is 0 Å². The van der Waals surface area contributed by atoms with E-state index in [0.29, 0.717) is 31.6 Å². The van der Waals surface area contributed by atoms with Crippen molar-refractivity contribution in [3.8, 4) is 0 Å². The first-order valence-electron chi connectivity index (χ1n) is 11.7. The SMILES string of the molecule is CCOC(=O)Cn1nnnc1CN(Cc1cc2c(C)cc(C)cc2[nH]c1=O)C1CCCCC1. The molecule has 4 rings (SSSR count). The lowest BCUT2D eigenvalue weighted by Crippen LogP contribution is -2.38. The van der Waals surface area contributed by atoms with Crippen molar-refractivity contribution in [2.45, 2.75) is 78.6 Å². The molecule has 0 atom stereocenters. The molecule has 9 nitrogen and oxygen atoms in total. The van der Waals surface area contributed by atoms with Gasteiger partial charge in [0.2, 0.25) is 0 Å². The van der Waals surface area contributed by atoms with Crippen LogP contribution in [0.3, 0.4) is 0 Å². The van der Waals surface area contributed by atoms with Gasteiger partial charge in [-0.15, -0.1) is 5.10 Å². The van der Waals surface area contributed by atoms with Crippen molar-refractivity contribution < 1.29 is 9.53 Å². The van der Waals surface area contributed by atoms with Crippen molar-refractivity contribution in [1.82, 2.24) is 30.1 Å². The summed E-state index contributed by atoms with van der Waals surface area (Å²) in [7, 11) is 0. The third-order valence-corrected chi connectivity index (χ3v) is 6.39. The normalized spacial score (nSPS) is 14.8. The highest BCUT2D eigenvalue weighted by Gasteiger charge is 2.25. The number of nitrogens with zero attached hydrogens (tertiary/aromatic N) is 5. The highest BCUT2D eigenvalue weighted by molar-refractivity contribution is 5.83. The van der Waals surface area contributed by atoms with Crippen LogP contribution in [0.25, 0.3) is 10.9 Å². The highest BCUT2D eigenvalue weighted by Crippen LogP contribution is 2.26. The number of pyridine rings is 1. The van der Waals surface area contributed by atoms with Crippen LogP contribution < -0.4 is 5.56 Å². The van der Waals surface area contributed by atoms with E-state index in [2.05, 4.69) is 38.4 Å². The molecule has 9 heteroatoms. The Labute approximate surface area is 193 Å². The Morgan fingerprint density at radius 3 is 2.73 bits per heavy atom. The Morgan fingerprint density at radius 1 is 1.18 bits per heavy atom. The molecule has 2 aromatic heterocycles. The molecular formula is C24H32N6O3. The number of benzene rings is 1. The van der Waals surface area contributed by atoms with Crippen LogP contribution in [0.4, 0.5) is 0 Å². The lowest BCUT2D eigenvalue weighted by molar-refractivity contribution is -0.144. The quantitative estimate of drug-likeness (QED) is 0.524. The molecule has 1 saturated carbocycles. The van der Waals surface area contributed by atoms with Crippen molar-refractivity contribution in [3.05, 3.63) is 51.1 Å². The largest absolute Gasteiger partial charge is 0.465 e. The Hall–Kier alpha value is -3.07. The number of fused-ring (bicyclic) bond motifs is 1. The molecule has 0 bridgehead atoms. The van der Waals surface area contributed by atoms with Gasteiger partial charge in [-0.05, 0) is 67.3 Å². The van der Waals surface area contributed by atoms with E-state index < -0.39 is 0 Å². The summed E-state index contributed by atoms with van der Waals surface area (Å²) >= 11 is 0. The van der Waals surface area contributed by atoms with E-state index in [4.69, 9.17) is 4.74 Å². The van der Waals surface area contributed by atoms with E-state index in [9.17, 15) is 9.59 Å². The first-order valence-corrected chi connectivity index (χ1v) is 11.7. The van der Waals surface area contributed by atoms with Crippen LogP contribution in [-0.4, -0.2) is 48.7 Å². The van der Waals surface area contributed by atoms with Gasteiger partial charge in [0.1, 0.15) is 6.54 Å². The fourth-order valence-corrected chi connectivity index (χ4v) is 4.78. The molecule has 1 fully saturated rings. The second-order valence-electron chi connectivity index (χ2n) is 8.92. The zero-order valence-corrected chi connectivity index (χ0v) is 19.6. The number of ether oxygens (including phenoxy) is 1. The van der Waals surface area contributed by atoms with Gasteiger partial charge in [0.15, 0.2) is 5.82 Å².